The van der Waals surface area contributed by atoms with Crippen LogP contribution in [0.15, 0.2) is 28.3 Å². The van der Waals surface area contributed by atoms with Gasteiger partial charge in [0, 0.05) is 19.8 Å². The third-order valence-electron chi connectivity index (χ3n) is 3.53. The Hall–Kier alpha value is -2.50. The van der Waals surface area contributed by atoms with Crippen LogP contribution in [-0.2, 0) is 0 Å². The highest BCUT2D eigenvalue weighted by molar-refractivity contribution is 6.48. The van der Waals surface area contributed by atoms with Crippen molar-refractivity contribution in [2.75, 3.05) is 19.0 Å². The Morgan fingerprint density at radius 3 is 2.52 bits per heavy atom. The third kappa shape index (κ3) is 2.22. The molecule has 1 aliphatic rings. The third-order valence-corrected chi connectivity index (χ3v) is 3.53. The summed E-state index contributed by atoms with van der Waals surface area (Å²) in [5.41, 5.74) is 4.86. The molecule has 6 heteroatoms. The van der Waals surface area contributed by atoms with Gasteiger partial charge in [0.25, 0.3) is 0 Å². The SMILES string of the molecule is CC1=Nn2c(C)nnc2C1=Nc1ccc(N(C)C)cc1C. The molecule has 21 heavy (non-hydrogen) atoms. The molecule has 0 atom stereocenters. The molecule has 0 unspecified atom stereocenters. The summed E-state index contributed by atoms with van der Waals surface area (Å²) >= 11 is 0. The van der Waals surface area contributed by atoms with Crippen molar-refractivity contribution < 1.29 is 0 Å². The van der Waals surface area contributed by atoms with Gasteiger partial charge in [-0.1, -0.05) is 0 Å². The average molecular weight is 282 g/mol. The van der Waals surface area contributed by atoms with Gasteiger partial charge in [-0.3, -0.25) is 0 Å². The van der Waals surface area contributed by atoms with Gasteiger partial charge < -0.3 is 4.90 Å². The van der Waals surface area contributed by atoms with Gasteiger partial charge in [0.2, 0.25) is 5.82 Å². The lowest BCUT2D eigenvalue weighted by atomic mass is 10.1. The van der Waals surface area contributed by atoms with E-state index in [1.54, 1.807) is 4.68 Å². The fourth-order valence-corrected chi connectivity index (χ4v) is 2.28. The zero-order chi connectivity index (χ0) is 15.1. The molecule has 1 aliphatic heterocycles. The minimum Gasteiger partial charge on any atom is -0.378 e. The highest BCUT2D eigenvalue weighted by Crippen LogP contribution is 2.25. The molecule has 0 bridgehead atoms. The van der Waals surface area contributed by atoms with E-state index in [-0.39, 0.29) is 0 Å². The highest BCUT2D eigenvalue weighted by Gasteiger charge is 2.24. The maximum absolute atomic E-state index is 4.74. The molecule has 1 aromatic heterocycles. The van der Waals surface area contributed by atoms with Crippen molar-refractivity contribution in [2.24, 2.45) is 10.1 Å². The number of anilines is 1. The number of nitrogens with zero attached hydrogens (tertiary/aromatic N) is 6. The molecule has 3 rings (SSSR count). The maximum atomic E-state index is 4.74. The Morgan fingerprint density at radius 1 is 1.10 bits per heavy atom. The second kappa shape index (κ2) is 4.80. The van der Waals surface area contributed by atoms with Crippen LogP contribution in [0.25, 0.3) is 0 Å². The van der Waals surface area contributed by atoms with Crippen molar-refractivity contribution >= 4 is 22.8 Å². The highest BCUT2D eigenvalue weighted by atomic mass is 15.5. The van der Waals surface area contributed by atoms with Gasteiger partial charge in [0.15, 0.2) is 5.82 Å². The Labute approximate surface area is 123 Å². The quantitative estimate of drug-likeness (QED) is 0.849. The molecule has 0 fully saturated rings. The topological polar surface area (TPSA) is 58.7 Å². The molecule has 6 nitrogen and oxygen atoms in total. The summed E-state index contributed by atoms with van der Waals surface area (Å²) in [6, 6.07) is 6.21. The normalized spacial score (nSPS) is 15.3. The smallest absolute Gasteiger partial charge is 0.205 e. The molecule has 0 amide bonds. The van der Waals surface area contributed by atoms with E-state index in [9.17, 15) is 0 Å². The van der Waals surface area contributed by atoms with E-state index in [1.165, 1.54) is 0 Å². The number of aryl methyl sites for hydroxylation is 2. The van der Waals surface area contributed by atoms with Gasteiger partial charge in [0.05, 0.1) is 11.4 Å². The van der Waals surface area contributed by atoms with E-state index in [1.807, 2.05) is 34.0 Å². The van der Waals surface area contributed by atoms with E-state index in [0.717, 1.165) is 34.2 Å². The number of aromatic nitrogens is 3. The molecule has 0 saturated carbocycles. The van der Waals surface area contributed by atoms with Crippen LogP contribution in [-0.4, -0.2) is 40.4 Å². The predicted octanol–water partition coefficient (Wildman–Crippen LogP) is 2.32. The Balaban J connectivity index is 2.05. The molecule has 0 N–H and O–H groups in total. The van der Waals surface area contributed by atoms with Crippen LogP contribution in [0.4, 0.5) is 11.4 Å². The van der Waals surface area contributed by atoms with Crippen LogP contribution in [0.1, 0.15) is 24.1 Å². The van der Waals surface area contributed by atoms with Crippen molar-refractivity contribution in [1.82, 2.24) is 14.9 Å². The Morgan fingerprint density at radius 2 is 1.86 bits per heavy atom. The minimum absolute atomic E-state index is 0.709. The van der Waals surface area contributed by atoms with E-state index < -0.39 is 0 Å². The second-order valence-corrected chi connectivity index (χ2v) is 5.39. The summed E-state index contributed by atoms with van der Waals surface area (Å²) in [6.07, 6.45) is 0. The van der Waals surface area contributed by atoms with Crippen molar-refractivity contribution in [3.63, 3.8) is 0 Å². The lowest BCUT2D eigenvalue weighted by Gasteiger charge is -2.13. The molecular formula is C15H18N6. The monoisotopic (exact) mass is 282 g/mol. The van der Waals surface area contributed by atoms with E-state index >= 15 is 0 Å². The van der Waals surface area contributed by atoms with E-state index in [4.69, 9.17) is 4.99 Å². The average Bonchev–Trinajstić information content (AvgIpc) is 2.93. The van der Waals surface area contributed by atoms with Crippen LogP contribution in [0.3, 0.4) is 0 Å². The first-order valence-corrected chi connectivity index (χ1v) is 6.82. The first kappa shape index (κ1) is 13.5. The van der Waals surface area contributed by atoms with Gasteiger partial charge in [-0.05, 0) is 44.5 Å². The minimum atomic E-state index is 0.709. The number of aliphatic imine (C=N–C) groups is 1. The molecule has 0 saturated heterocycles. The van der Waals surface area contributed by atoms with Gasteiger partial charge >= 0.3 is 0 Å². The largest absolute Gasteiger partial charge is 0.378 e. The zero-order valence-corrected chi connectivity index (χ0v) is 12.9. The van der Waals surface area contributed by atoms with Gasteiger partial charge in [-0.15, -0.1) is 10.2 Å². The number of benzene rings is 1. The Kier molecular flexibility index (Phi) is 3.08. The standard InChI is InChI=1S/C15H18N6/c1-9-8-12(20(4)5)6-7-13(9)16-14-10(2)19-21-11(3)17-18-15(14)21/h6-8H,1-5H3. The van der Waals surface area contributed by atoms with Crippen LogP contribution in [0.2, 0.25) is 0 Å². The summed E-state index contributed by atoms with van der Waals surface area (Å²) < 4.78 is 1.73. The predicted molar refractivity (Wildman–Crippen MR) is 85.0 cm³/mol. The molecule has 1 aromatic carbocycles. The lowest BCUT2D eigenvalue weighted by molar-refractivity contribution is 0.834. The molecule has 0 aliphatic carbocycles. The van der Waals surface area contributed by atoms with E-state index in [0.29, 0.717) is 5.82 Å². The molecule has 2 aromatic rings. The summed E-state index contributed by atoms with van der Waals surface area (Å²) in [5, 5.41) is 12.6. The van der Waals surface area contributed by atoms with Crippen molar-refractivity contribution in [3.8, 4) is 0 Å². The number of hydrogen-bond donors (Lipinski definition) is 0. The fraction of sp³-hybridized carbons (Fsp3) is 0.333. The van der Waals surface area contributed by atoms with Crippen molar-refractivity contribution in [3.05, 3.63) is 35.4 Å². The van der Waals surface area contributed by atoms with Gasteiger partial charge in [-0.2, -0.15) is 9.78 Å². The zero-order valence-electron chi connectivity index (χ0n) is 12.9. The summed E-state index contributed by atoms with van der Waals surface area (Å²) in [5.74, 6) is 1.48. The molecule has 2 heterocycles. The number of rotatable bonds is 2. The summed E-state index contributed by atoms with van der Waals surface area (Å²) in [4.78, 5) is 6.81. The first-order valence-electron chi connectivity index (χ1n) is 6.82. The van der Waals surface area contributed by atoms with Crippen LogP contribution in [0.5, 0.6) is 0 Å². The summed E-state index contributed by atoms with van der Waals surface area (Å²) in [6.45, 7) is 5.88. The molecular weight excluding hydrogens is 264 g/mol. The second-order valence-electron chi connectivity index (χ2n) is 5.39. The number of fused-ring (bicyclic) bond motifs is 1. The van der Waals surface area contributed by atoms with Gasteiger partial charge in [0.1, 0.15) is 5.71 Å². The van der Waals surface area contributed by atoms with Crippen LogP contribution < -0.4 is 4.90 Å². The van der Waals surface area contributed by atoms with Crippen molar-refractivity contribution in [1.29, 1.82) is 0 Å². The molecule has 0 radical (unpaired) electrons. The first-order chi connectivity index (χ1) is 9.97. The summed E-state index contributed by atoms with van der Waals surface area (Å²) in [7, 11) is 4.05. The van der Waals surface area contributed by atoms with Crippen molar-refractivity contribution in [2.45, 2.75) is 20.8 Å². The van der Waals surface area contributed by atoms with Crippen LogP contribution >= 0.6 is 0 Å². The fourth-order valence-electron chi connectivity index (χ4n) is 2.28. The Bertz CT molecular complexity index is 766. The maximum Gasteiger partial charge on any atom is 0.205 e. The van der Waals surface area contributed by atoms with E-state index in [2.05, 4.69) is 39.3 Å². The van der Waals surface area contributed by atoms with Gasteiger partial charge in [-0.25, -0.2) is 4.99 Å². The lowest BCUT2D eigenvalue weighted by Crippen LogP contribution is -2.09. The van der Waals surface area contributed by atoms with Crippen LogP contribution in [0, 0.1) is 13.8 Å². The molecule has 0 spiro atoms. The number of hydrogen-bond acceptors (Lipinski definition) is 5. The molecule has 108 valence electrons.